The molecule has 8 heteroatoms. The van der Waals surface area contributed by atoms with Crippen molar-refractivity contribution in [1.82, 2.24) is 0 Å². The van der Waals surface area contributed by atoms with E-state index in [0.29, 0.717) is 0 Å². The van der Waals surface area contributed by atoms with Crippen LogP contribution in [0.3, 0.4) is 0 Å². The molecular weight excluding hydrogens is 188 g/mol. The number of aliphatic carboxylic acids is 2. The molecule has 0 saturated heterocycles. The fourth-order valence-electron chi connectivity index (χ4n) is 0. The second kappa shape index (κ2) is 17.5. The minimum atomic E-state index is -1.82. The first-order valence-corrected chi connectivity index (χ1v) is 1.11. The molecule has 2 N–H and O–H groups in total. The normalized spacial score (nSPS) is 4.40. The smallest absolute Gasteiger partial charge is 0.414 e. The van der Waals surface area contributed by atoms with E-state index in [1.54, 1.807) is 0 Å². The van der Waals surface area contributed by atoms with Crippen molar-refractivity contribution in [3.8, 4) is 0 Å². The van der Waals surface area contributed by atoms with E-state index < -0.39 is 11.9 Å². The molecule has 0 aromatic heterocycles. The SMILES string of the molecule is O=C(O)C(=O)O.P.[Na].[Na].[Na]. The molecule has 0 aliphatic rings. The summed E-state index contributed by atoms with van der Waals surface area (Å²) in [5.41, 5.74) is 0. The fourth-order valence-corrected chi connectivity index (χ4v) is 0. The minimum absolute atomic E-state index is 0. The molecule has 0 rings (SSSR count). The molecule has 10 heavy (non-hydrogen) atoms. The van der Waals surface area contributed by atoms with Gasteiger partial charge in [-0.05, 0) is 0 Å². The van der Waals surface area contributed by atoms with Gasteiger partial charge in [0.25, 0.3) is 0 Å². The summed E-state index contributed by atoms with van der Waals surface area (Å²) in [4.78, 5) is 18.2. The largest absolute Gasteiger partial charge is 0.473 e. The molecular formula is C2H5Na3O4P. The van der Waals surface area contributed by atoms with E-state index in [2.05, 4.69) is 0 Å². The average molecular weight is 193 g/mol. The first kappa shape index (κ1) is 29.4. The van der Waals surface area contributed by atoms with Crippen LogP contribution in [0.25, 0.3) is 0 Å². The van der Waals surface area contributed by atoms with Gasteiger partial charge in [-0.25, -0.2) is 9.59 Å². The fraction of sp³-hybridized carbons (Fsp3) is 0. The van der Waals surface area contributed by atoms with E-state index in [1.807, 2.05) is 0 Å². The third-order valence-corrected chi connectivity index (χ3v) is 0.183. The van der Waals surface area contributed by atoms with Gasteiger partial charge in [0, 0.05) is 88.7 Å². The summed E-state index contributed by atoms with van der Waals surface area (Å²) < 4.78 is 0. The van der Waals surface area contributed by atoms with E-state index in [-0.39, 0.29) is 98.6 Å². The van der Waals surface area contributed by atoms with Gasteiger partial charge < -0.3 is 10.2 Å². The van der Waals surface area contributed by atoms with Crippen LogP contribution < -0.4 is 0 Å². The van der Waals surface area contributed by atoms with Crippen LogP contribution in [0.15, 0.2) is 0 Å². The summed E-state index contributed by atoms with van der Waals surface area (Å²) in [6.45, 7) is 0. The number of hydrogen-bond acceptors (Lipinski definition) is 2. The standard InChI is InChI=1S/C2H2O4.3Na.H3P/c3-1(4)2(5)6;;;;/h(H,3,4)(H,5,6);;;;1H3. The Morgan fingerprint density at radius 1 is 0.800 bits per heavy atom. The Morgan fingerprint density at radius 2 is 0.900 bits per heavy atom. The molecule has 0 aromatic carbocycles. The molecule has 0 amide bonds. The number of hydrogen-bond donors (Lipinski definition) is 2. The zero-order valence-corrected chi connectivity index (χ0v) is 13.8. The molecule has 0 aliphatic heterocycles. The molecule has 1 atom stereocenters. The van der Waals surface area contributed by atoms with Gasteiger partial charge in [0.2, 0.25) is 0 Å². The van der Waals surface area contributed by atoms with Gasteiger partial charge in [-0.2, -0.15) is 9.90 Å². The maximum Gasteiger partial charge on any atom is 0.414 e. The molecule has 0 heterocycles. The number of carbonyl (C=O) groups is 2. The van der Waals surface area contributed by atoms with Gasteiger partial charge in [0.1, 0.15) is 0 Å². The molecule has 0 saturated carbocycles. The van der Waals surface area contributed by atoms with Gasteiger partial charge >= 0.3 is 11.9 Å². The Morgan fingerprint density at radius 3 is 0.900 bits per heavy atom. The monoisotopic (exact) mass is 193 g/mol. The number of rotatable bonds is 0. The van der Waals surface area contributed by atoms with Gasteiger partial charge in [-0.3, -0.25) is 0 Å². The van der Waals surface area contributed by atoms with Gasteiger partial charge in [-0.15, -0.1) is 0 Å². The van der Waals surface area contributed by atoms with Crippen LogP contribution in [0.1, 0.15) is 0 Å². The molecule has 1 unspecified atom stereocenters. The van der Waals surface area contributed by atoms with Crippen molar-refractivity contribution in [2.45, 2.75) is 0 Å². The molecule has 0 aromatic rings. The third-order valence-electron chi connectivity index (χ3n) is 0.183. The average Bonchev–Trinajstić information content (AvgIpc) is 1.36. The molecule has 0 spiro atoms. The van der Waals surface area contributed by atoms with Crippen LogP contribution in [0, 0.1) is 0 Å². The Balaban J connectivity index is -0.0000000208. The van der Waals surface area contributed by atoms with Crippen molar-refractivity contribution in [1.29, 1.82) is 0 Å². The third kappa shape index (κ3) is 22.4. The van der Waals surface area contributed by atoms with Crippen molar-refractivity contribution in [3.63, 3.8) is 0 Å². The molecule has 0 fully saturated rings. The summed E-state index contributed by atoms with van der Waals surface area (Å²) in [6, 6.07) is 0. The van der Waals surface area contributed by atoms with E-state index in [9.17, 15) is 0 Å². The molecule has 0 bridgehead atoms. The van der Waals surface area contributed by atoms with E-state index in [1.165, 1.54) is 0 Å². The van der Waals surface area contributed by atoms with Crippen LogP contribution in [-0.4, -0.2) is 111 Å². The first-order chi connectivity index (χ1) is 2.64. The predicted molar refractivity (Wildman–Crippen MR) is 43.6 cm³/mol. The molecule has 45 valence electrons. The van der Waals surface area contributed by atoms with Crippen molar-refractivity contribution in [2.75, 3.05) is 0 Å². The minimum Gasteiger partial charge on any atom is -0.473 e. The zero-order valence-electron chi connectivity index (χ0n) is 6.42. The van der Waals surface area contributed by atoms with E-state index in [0.717, 1.165) is 0 Å². The maximum atomic E-state index is 9.10. The van der Waals surface area contributed by atoms with Crippen LogP contribution in [0.2, 0.25) is 0 Å². The Hall–Kier alpha value is 2.37. The van der Waals surface area contributed by atoms with E-state index >= 15 is 0 Å². The topological polar surface area (TPSA) is 74.6 Å². The second-order valence-corrected chi connectivity index (χ2v) is 0.610. The van der Waals surface area contributed by atoms with Crippen LogP contribution in [-0.2, 0) is 9.59 Å². The van der Waals surface area contributed by atoms with Crippen molar-refractivity contribution < 1.29 is 19.8 Å². The number of carboxylic acid groups (broad SMARTS) is 2. The van der Waals surface area contributed by atoms with Crippen molar-refractivity contribution >= 4 is 111 Å². The number of carboxylic acids is 2. The summed E-state index contributed by atoms with van der Waals surface area (Å²) in [5, 5.41) is 14.8. The maximum absolute atomic E-state index is 9.10. The molecule has 0 aliphatic carbocycles. The Bertz CT molecular complexity index is 84.5. The Kier molecular flexibility index (Phi) is 51.4. The predicted octanol–water partition coefficient (Wildman–Crippen LogP) is -1.93. The van der Waals surface area contributed by atoms with Gasteiger partial charge in [0.15, 0.2) is 0 Å². The van der Waals surface area contributed by atoms with Crippen molar-refractivity contribution in [2.24, 2.45) is 0 Å². The molecule has 4 nitrogen and oxygen atoms in total. The van der Waals surface area contributed by atoms with Gasteiger partial charge in [0.05, 0.1) is 0 Å². The summed E-state index contributed by atoms with van der Waals surface area (Å²) in [6.07, 6.45) is 0. The van der Waals surface area contributed by atoms with Crippen LogP contribution in [0.5, 0.6) is 0 Å². The van der Waals surface area contributed by atoms with Crippen LogP contribution in [0.4, 0.5) is 0 Å². The summed E-state index contributed by atoms with van der Waals surface area (Å²) in [7, 11) is 0. The molecule has 3 radical (unpaired) electrons. The summed E-state index contributed by atoms with van der Waals surface area (Å²) >= 11 is 0. The zero-order chi connectivity index (χ0) is 5.15. The van der Waals surface area contributed by atoms with E-state index in [4.69, 9.17) is 19.8 Å². The Labute approximate surface area is 128 Å². The second-order valence-electron chi connectivity index (χ2n) is 0.610. The summed E-state index contributed by atoms with van der Waals surface area (Å²) in [5.74, 6) is -3.65. The van der Waals surface area contributed by atoms with Gasteiger partial charge in [-0.1, -0.05) is 0 Å². The first-order valence-electron chi connectivity index (χ1n) is 1.11. The van der Waals surface area contributed by atoms with Crippen LogP contribution >= 0.6 is 9.90 Å². The van der Waals surface area contributed by atoms with Crippen molar-refractivity contribution in [3.05, 3.63) is 0 Å². The quantitative estimate of drug-likeness (QED) is 0.267.